The molecule has 4 aromatic rings. The molecule has 2 N–H and O–H groups in total. The molecule has 0 radical (unpaired) electrons. The summed E-state index contributed by atoms with van der Waals surface area (Å²) in [4.78, 5) is 82.9. The molecule has 0 saturated carbocycles. The van der Waals surface area contributed by atoms with Crippen LogP contribution < -0.4 is 96.8 Å². The van der Waals surface area contributed by atoms with Crippen LogP contribution in [0.2, 0.25) is 0 Å². The number of hydrogen-bond acceptors (Lipinski definition) is 17. The van der Waals surface area contributed by atoms with Gasteiger partial charge in [0.2, 0.25) is 0 Å². The molecule has 0 heterocycles. The average molecular weight is 1280 g/mol. The molecule has 0 aliphatic carbocycles. The Balaban J connectivity index is -0.000000166. The molecule has 0 spiro atoms. The van der Waals surface area contributed by atoms with Gasteiger partial charge < -0.3 is 60.4 Å². The second-order valence-electron chi connectivity index (χ2n) is 10.7. The predicted octanol–water partition coefficient (Wildman–Crippen LogP) is 3.67. The Morgan fingerprint density at radius 1 is 0.492 bits per heavy atom. The molecule has 24 heteroatoms. The van der Waals surface area contributed by atoms with Gasteiger partial charge in [-0.2, -0.15) is 0 Å². The minimum Gasteiger partial charge on any atom is -1.00 e. The summed E-state index contributed by atoms with van der Waals surface area (Å²) in [6.07, 6.45) is 2.76. The first-order valence-corrected chi connectivity index (χ1v) is 21.6. The maximum atomic E-state index is 10.8. The van der Waals surface area contributed by atoms with E-state index < -0.39 is 23.9 Å². The van der Waals surface area contributed by atoms with E-state index in [0.717, 1.165) is 0 Å². The van der Waals surface area contributed by atoms with Crippen molar-refractivity contribution in [2.75, 3.05) is 28.4 Å². The summed E-state index contributed by atoms with van der Waals surface area (Å²) in [7, 11) is 5.74. The fourth-order valence-electron chi connectivity index (χ4n) is 3.81. The number of benzene rings is 4. The van der Waals surface area contributed by atoms with Crippen molar-refractivity contribution in [3.05, 3.63) is 91.9 Å². The molecule has 0 fully saturated rings. The fourth-order valence-corrected chi connectivity index (χ4v) is 4.65. The second-order valence-corrected chi connectivity index (χ2v) is 12.4. The third kappa shape index (κ3) is 30.6. The second kappa shape index (κ2) is 42.1. The fraction of sp³-hybridized carbons (Fsp3) is 0.220. The topological polar surface area (TPSA) is 242 Å². The van der Waals surface area contributed by atoms with Crippen molar-refractivity contribution in [2.45, 2.75) is 35.1 Å². The summed E-state index contributed by atoms with van der Waals surface area (Å²) < 4.78 is 34.4. The van der Waals surface area contributed by atoms with Gasteiger partial charge in [-0.3, -0.25) is 38.4 Å². The van der Waals surface area contributed by atoms with Crippen LogP contribution in [-0.4, -0.2) is 87.7 Å². The van der Waals surface area contributed by atoms with Crippen molar-refractivity contribution < 1.29 is 150 Å². The third-order valence-electron chi connectivity index (χ3n) is 6.29. The van der Waals surface area contributed by atoms with E-state index in [-0.39, 0.29) is 105 Å². The molecule has 0 atom stereocenters. The van der Waals surface area contributed by atoms with Crippen LogP contribution in [0.3, 0.4) is 0 Å². The number of rotatable bonds is 10. The SMILES string of the molecule is BrBr.C.CC(=O)OC(C)=O.COc1cc(C=O)c(Br)cc1O.COc1cc(C=O)c(Br)cc1OC(C)=O.COc1cc(C=O)ccc1O.COc1cc(C=O)ccc1OC(C)=O.Cl.[Br-].[K+]. The van der Waals surface area contributed by atoms with Gasteiger partial charge >= 0.3 is 75.3 Å². The molecule has 0 aliphatic rings. The van der Waals surface area contributed by atoms with Gasteiger partial charge in [0.15, 0.2) is 58.6 Å². The van der Waals surface area contributed by atoms with E-state index in [4.69, 9.17) is 33.5 Å². The zero-order valence-corrected chi connectivity index (χ0v) is 47.3. The zero-order chi connectivity index (χ0) is 47.2. The molecule has 0 saturated heterocycles. The number of ether oxygens (including phenoxy) is 7. The van der Waals surface area contributed by atoms with Crippen LogP contribution >= 0.6 is 72.5 Å². The number of carbonyl (C=O) groups excluding carboxylic acids is 8. The van der Waals surface area contributed by atoms with E-state index in [1.54, 1.807) is 6.07 Å². The minimum absolute atomic E-state index is 0. The summed E-state index contributed by atoms with van der Waals surface area (Å²) in [6, 6.07) is 14.9. The summed E-state index contributed by atoms with van der Waals surface area (Å²) in [5.74, 6) is -0.0439. The number of halogens is 6. The van der Waals surface area contributed by atoms with E-state index in [9.17, 15) is 43.5 Å². The average Bonchev–Trinajstić information content (AvgIpc) is 3.22. The van der Waals surface area contributed by atoms with Crippen LogP contribution in [0, 0.1) is 0 Å². The summed E-state index contributed by atoms with van der Waals surface area (Å²) in [6.45, 7) is 4.96. The monoisotopic (exact) mass is 1280 g/mol. The first kappa shape index (κ1) is 73.3. The number of phenolic OH excluding ortho intramolecular Hbond substituents is 2. The molecular weight excluding hydrogens is 1240 g/mol. The molecule has 4 rings (SSSR count). The summed E-state index contributed by atoms with van der Waals surface area (Å²) in [5, 5.41) is 18.3. The Bertz CT molecular complexity index is 2110. The Kier molecular flexibility index (Phi) is 47.6. The minimum atomic E-state index is -0.562. The van der Waals surface area contributed by atoms with Gasteiger partial charge in [-0.15, -0.1) is 12.4 Å². The first-order valence-electron chi connectivity index (χ1n) is 16.3. The number of carbonyl (C=O) groups is 8. The maximum Gasteiger partial charge on any atom is 1.00 e. The standard InChI is InChI=1S/C10H9BrO4.C10H10O4.C8H7BrO3.C8H8O3.C4H6O3.CH4.Br2.BrH.ClH.K/c1-6(13)15-10-4-8(11)7(5-12)3-9(10)14-2;1-7(12)14-9-4-3-8(6-11)5-10(9)13-2;1-12-8-2-5(4-10)6(9)3-7(8)11;1-11-8-4-6(5-9)2-3-7(8)10;1-3(5)7-4(2)6;;1-2;;;/h3-5H,1-2H3;3-6H,1-2H3;2-4,11H,1H3;2-5,10H,1H3;1-2H3;1H4;;2*1H;/q;;;;;;;;;+1/p-1. The van der Waals surface area contributed by atoms with Crippen molar-refractivity contribution in [3.8, 4) is 46.0 Å². The van der Waals surface area contributed by atoms with Gasteiger partial charge in [0.05, 0.1) is 28.4 Å². The van der Waals surface area contributed by atoms with Gasteiger partial charge in [0, 0.05) is 87.1 Å². The van der Waals surface area contributed by atoms with E-state index in [1.165, 1.54) is 111 Å². The van der Waals surface area contributed by atoms with Gasteiger partial charge in [0.1, 0.15) is 12.6 Å². The first-order chi connectivity index (χ1) is 28.8. The van der Waals surface area contributed by atoms with Gasteiger partial charge in [-0.05, 0) is 92.5 Å². The number of phenols is 2. The van der Waals surface area contributed by atoms with Crippen LogP contribution in [0.5, 0.6) is 46.0 Å². The molecule has 0 aliphatic heterocycles. The summed E-state index contributed by atoms with van der Waals surface area (Å²) in [5.41, 5.74) is 1.84. The van der Waals surface area contributed by atoms with Crippen molar-refractivity contribution in [1.82, 2.24) is 0 Å². The van der Waals surface area contributed by atoms with E-state index in [0.29, 0.717) is 85.1 Å². The predicted molar refractivity (Wildman–Crippen MR) is 249 cm³/mol. The van der Waals surface area contributed by atoms with Crippen molar-refractivity contribution in [2.24, 2.45) is 0 Å². The van der Waals surface area contributed by atoms with E-state index in [1.807, 2.05) is 0 Å². The molecule has 0 aromatic heterocycles. The molecule has 354 valence electrons. The third-order valence-corrected chi connectivity index (χ3v) is 7.67. The number of aldehydes is 4. The Labute approximate surface area is 467 Å². The Hall–Kier alpha value is -3.23. The van der Waals surface area contributed by atoms with Crippen LogP contribution in [0.15, 0.2) is 69.6 Å². The molecule has 0 bridgehead atoms. The molecule has 0 unspecified atom stereocenters. The number of hydrogen-bond donors (Lipinski definition) is 2. The van der Waals surface area contributed by atoms with Crippen LogP contribution in [0.4, 0.5) is 0 Å². The normalized spacial score (nSPS) is 8.43. The van der Waals surface area contributed by atoms with Crippen molar-refractivity contribution in [3.63, 3.8) is 0 Å². The number of aromatic hydroxyl groups is 2. The van der Waals surface area contributed by atoms with Crippen LogP contribution in [0.1, 0.15) is 76.6 Å². The van der Waals surface area contributed by atoms with Crippen molar-refractivity contribution >= 4 is 122 Å². The van der Waals surface area contributed by atoms with E-state index in [2.05, 4.69) is 64.9 Å². The maximum absolute atomic E-state index is 10.8. The van der Waals surface area contributed by atoms with E-state index >= 15 is 0 Å². The number of esters is 4. The largest absolute Gasteiger partial charge is 1.00 e. The molecule has 4 aromatic carbocycles. The Morgan fingerprint density at radius 2 is 0.846 bits per heavy atom. The van der Waals surface area contributed by atoms with Gasteiger partial charge in [0.25, 0.3) is 0 Å². The Morgan fingerprint density at radius 3 is 1.22 bits per heavy atom. The number of methoxy groups -OCH3 is 4. The molecular formula is C41H45Br5ClKO17. The molecule has 65 heavy (non-hydrogen) atoms. The molecule has 17 nitrogen and oxygen atoms in total. The summed E-state index contributed by atoms with van der Waals surface area (Å²) >= 11 is 11.8. The van der Waals surface area contributed by atoms with Crippen LogP contribution in [0.25, 0.3) is 0 Å². The zero-order valence-electron chi connectivity index (χ0n) is 35.4. The van der Waals surface area contributed by atoms with Gasteiger partial charge in [-0.25, -0.2) is 0 Å². The molecule has 0 amide bonds. The van der Waals surface area contributed by atoms with Crippen LogP contribution in [-0.2, 0) is 23.9 Å². The van der Waals surface area contributed by atoms with Crippen molar-refractivity contribution in [1.29, 1.82) is 0 Å². The quantitative estimate of drug-likeness (QED) is 0.0757. The van der Waals surface area contributed by atoms with Gasteiger partial charge in [-0.1, -0.05) is 7.43 Å². The smallest absolute Gasteiger partial charge is 1.00 e.